The molecule has 23 heavy (non-hydrogen) atoms. The first-order chi connectivity index (χ1) is 11.0. The van der Waals surface area contributed by atoms with Gasteiger partial charge in [0.1, 0.15) is 11.9 Å². The summed E-state index contributed by atoms with van der Waals surface area (Å²) in [4.78, 5) is 23.3. The minimum Gasteiger partial charge on any atom is -0.453 e. The monoisotopic (exact) mass is 322 g/mol. The van der Waals surface area contributed by atoms with Crippen LogP contribution in [0, 0.1) is 5.82 Å². The van der Waals surface area contributed by atoms with Crippen molar-refractivity contribution in [3.8, 4) is 0 Å². The number of amides is 2. The van der Waals surface area contributed by atoms with Gasteiger partial charge in [-0.05, 0) is 37.5 Å². The van der Waals surface area contributed by atoms with Crippen molar-refractivity contribution in [1.29, 1.82) is 0 Å². The van der Waals surface area contributed by atoms with Gasteiger partial charge in [-0.1, -0.05) is 25.0 Å². The van der Waals surface area contributed by atoms with Crippen LogP contribution in [-0.4, -0.2) is 31.7 Å². The molecule has 1 saturated carbocycles. The number of hydrogen-bond acceptors (Lipinski definition) is 3. The fourth-order valence-corrected chi connectivity index (χ4v) is 3.13. The van der Waals surface area contributed by atoms with Gasteiger partial charge in [0.05, 0.1) is 7.11 Å². The summed E-state index contributed by atoms with van der Waals surface area (Å²) >= 11 is 0. The van der Waals surface area contributed by atoms with Crippen LogP contribution in [0.4, 0.5) is 9.18 Å². The van der Waals surface area contributed by atoms with Gasteiger partial charge < -0.3 is 15.4 Å². The smallest absolute Gasteiger partial charge is 0.407 e. The third-order valence-electron chi connectivity index (χ3n) is 4.53. The number of methoxy groups -OCH3 is 1. The van der Waals surface area contributed by atoms with Crippen LogP contribution >= 0.6 is 0 Å². The molecule has 0 aromatic heterocycles. The Labute approximate surface area is 135 Å². The first-order valence-electron chi connectivity index (χ1n) is 7.85. The highest BCUT2D eigenvalue weighted by Gasteiger charge is 2.36. The van der Waals surface area contributed by atoms with Crippen molar-refractivity contribution in [2.45, 2.75) is 44.1 Å². The maximum Gasteiger partial charge on any atom is 0.407 e. The number of rotatable bonds is 5. The van der Waals surface area contributed by atoms with Crippen LogP contribution in [0.15, 0.2) is 24.3 Å². The summed E-state index contributed by atoms with van der Waals surface area (Å²) in [6, 6.07) is 5.83. The first kappa shape index (κ1) is 17.2. The maximum absolute atomic E-state index is 13.2. The van der Waals surface area contributed by atoms with Crippen LogP contribution in [0.2, 0.25) is 0 Å². The number of carbonyl (C=O) groups is 2. The van der Waals surface area contributed by atoms with E-state index in [1.165, 1.54) is 19.2 Å². The Morgan fingerprint density at radius 2 is 1.87 bits per heavy atom. The quantitative estimate of drug-likeness (QED) is 0.875. The lowest BCUT2D eigenvalue weighted by molar-refractivity contribution is -0.122. The van der Waals surface area contributed by atoms with Crippen LogP contribution in [0.5, 0.6) is 0 Å². The number of ether oxygens (including phenoxy) is 1. The van der Waals surface area contributed by atoms with E-state index in [4.69, 9.17) is 0 Å². The summed E-state index contributed by atoms with van der Waals surface area (Å²) in [6.45, 7) is 2.08. The van der Waals surface area contributed by atoms with Gasteiger partial charge in [-0.15, -0.1) is 0 Å². The maximum atomic E-state index is 13.2. The molecule has 0 unspecified atom stereocenters. The number of halogens is 1. The molecular formula is C17H23FN2O3. The van der Waals surface area contributed by atoms with Gasteiger partial charge in [0.2, 0.25) is 5.91 Å². The SMILES string of the molecule is COC(=O)N[C@H](C)C(=O)NCC1(c2ccc(F)cc2)CCCC1. The summed E-state index contributed by atoms with van der Waals surface area (Å²) in [5, 5.41) is 5.35. The van der Waals surface area contributed by atoms with Crippen molar-refractivity contribution >= 4 is 12.0 Å². The Hall–Kier alpha value is -2.11. The highest BCUT2D eigenvalue weighted by molar-refractivity contribution is 5.85. The molecular weight excluding hydrogens is 299 g/mol. The molecule has 6 heteroatoms. The van der Waals surface area contributed by atoms with Crippen molar-refractivity contribution in [2.24, 2.45) is 0 Å². The van der Waals surface area contributed by atoms with Crippen LogP contribution < -0.4 is 10.6 Å². The molecule has 1 fully saturated rings. The largest absolute Gasteiger partial charge is 0.453 e. The van der Waals surface area contributed by atoms with Crippen LogP contribution in [0.1, 0.15) is 38.2 Å². The van der Waals surface area contributed by atoms with E-state index in [1.807, 2.05) is 0 Å². The Morgan fingerprint density at radius 1 is 1.26 bits per heavy atom. The lowest BCUT2D eigenvalue weighted by Gasteiger charge is -2.30. The van der Waals surface area contributed by atoms with E-state index in [2.05, 4.69) is 15.4 Å². The van der Waals surface area contributed by atoms with E-state index in [-0.39, 0.29) is 17.1 Å². The fourth-order valence-electron chi connectivity index (χ4n) is 3.13. The standard InChI is InChI=1S/C17H23FN2O3/c1-12(20-16(22)23-2)15(21)19-11-17(9-3-4-10-17)13-5-7-14(18)8-6-13/h5-8,12H,3-4,9-11H2,1-2H3,(H,19,21)(H,20,22)/t12-/m1/s1. The molecule has 1 aliphatic rings. The molecule has 2 N–H and O–H groups in total. The van der Waals surface area contributed by atoms with Crippen molar-refractivity contribution in [3.63, 3.8) is 0 Å². The number of nitrogens with one attached hydrogen (secondary N) is 2. The molecule has 126 valence electrons. The molecule has 0 bridgehead atoms. The predicted octanol–water partition coefficient (Wildman–Crippen LogP) is 2.50. The topological polar surface area (TPSA) is 67.4 Å². The van der Waals surface area contributed by atoms with Crippen LogP contribution in [0.3, 0.4) is 0 Å². The van der Waals surface area contributed by atoms with E-state index in [9.17, 15) is 14.0 Å². The third-order valence-corrected chi connectivity index (χ3v) is 4.53. The van der Waals surface area contributed by atoms with Crippen molar-refractivity contribution < 1.29 is 18.7 Å². The second-order valence-electron chi connectivity index (χ2n) is 6.07. The number of alkyl carbamates (subject to hydrolysis) is 1. The molecule has 0 aliphatic heterocycles. The zero-order valence-corrected chi connectivity index (χ0v) is 13.5. The second-order valence-corrected chi connectivity index (χ2v) is 6.07. The summed E-state index contributed by atoms with van der Waals surface area (Å²) < 4.78 is 17.6. The Balaban J connectivity index is 2.01. The molecule has 1 atom stereocenters. The second kappa shape index (κ2) is 7.44. The molecule has 0 saturated heterocycles. The van der Waals surface area contributed by atoms with Crippen LogP contribution in [-0.2, 0) is 14.9 Å². The molecule has 2 amide bonds. The van der Waals surface area contributed by atoms with Gasteiger partial charge in [-0.2, -0.15) is 0 Å². The highest BCUT2D eigenvalue weighted by Crippen LogP contribution is 2.40. The van der Waals surface area contributed by atoms with Gasteiger partial charge in [0.15, 0.2) is 0 Å². The Morgan fingerprint density at radius 3 is 2.43 bits per heavy atom. The summed E-state index contributed by atoms with van der Waals surface area (Å²) in [6.07, 6.45) is 3.45. The highest BCUT2D eigenvalue weighted by atomic mass is 19.1. The van der Waals surface area contributed by atoms with Gasteiger partial charge in [0, 0.05) is 12.0 Å². The lowest BCUT2D eigenvalue weighted by atomic mass is 9.78. The minimum absolute atomic E-state index is 0.158. The minimum atomic E-state index is -0.672. The zero-order chi connectivity index (χ0) is 16.9. The lowest BCUT2D eigenvalue weighted by Crippen LogP contribution is -2.48. The van der Waals surface area contributed by atoms with Crippen LogP contribution in [0.25, 0.3) is 0 Å². The van der Waals surface area contributed by atoms with Crippen molar-refractivity contribution in [1.82, 2.24) is 10.6 Å². The van der Waals surface area contributed by atoms with Gasteiger partial charge >= 0.3 is 6.09 Å². The molecule has 1 aromatic carbocycles. The summed E-state index contributed by atoms with van der Waals surface area (Å²) in [7, 11) is 1.25. The number of benzene rings is 1. The molecule has 1 aromatic rings. The Bertz CT molecular complexity index is 553. The predicted molar refractivity (Wildman–Crippen MR) is 84.6 cm³/mol. The number of hydrogen-bond donors (Lipinski definition) is 2. The first-order valence-corrected chi connectivity index (χ1v) is 7.85. The van der Waals surface area contributed by atoms with Gasteiger partial charge in [-0.3, -0.25) is 4.79 Å². The summed E-state index contributed by atoms with van der Waals surface area (Å²) in [5.41, 5.74) is 0.888. The molecule has 1 aliphatic carbocycles. The van der Waals surface area contributed by atoms with E-state index < -0.39 is 12.1 Å². The van der Waals surface area contributed by atoms with Gasteiger partial charge in [0.25, 0.3) is 0 Å². The Kier molecular flexibility index (Phi) is 5.58. The normalized spacial score (nSPS) is 17.3. The van der Waals surface area contributed by atoms with E-state index >= 15 is 0 Å². The molecule has 0 spiro atoms. The average Bonchev–Trinajstić information content (AvgIpc) is 3.03. The summed E-state index contributed by atoms with van der Waals surface area (Å²) in [5.74, 6) is -0.523. The van der Waals surface area contributed by atoms with E-state index in [0.717, 1.165) is 31.2 Å². The van der Waals surface area contributed by atoms with Crippen molar-refractivity contribution in [3.05, 3.63) is 35.6 Å². The van der Waals surface area contributed by atoms with E-state index in [1.54, 1.807) is 19.1 Å². The average molecular weight is 322 g/mol. The third kappa shape index (κ3) is 4.21. The molecule has 0 heterocycles. The fraction of sp³-hybridized carbons (Fsp3) is 0.529. The van der Waals surface area contributed by atoms with Crippen molar-refractivity contribution in [2.75, 3.05) is 13.7 Å². The molecule has 0 radical (unpaired) electrons. The number of carbonyl (C=O) groups excluding carboxylic acids is 2. The molecule has 5 nitrogen and oxygen atoms in total. The zero-order valence-electron chi connectivity index (χ0n) is 13.5. The van der Waals surface area contributed by atoms with Gasteiger partial charge in [-0.25, -0.2) is 9.18 Å². The molecule has 2 rings (SSSR count). The van der Waals surface area contributed by atoms with E-state index in [0.29, 0.717) is 6.54 Å².